The summed E-state index contributed by atoms with van der Waals surface area (Å²) in [6, 6.07) is 0. The molecule has 1 aliphatic heterocycles. The normalized spacial score (nSPS) is 65.8. The molecule has 1 spiro atoms. The number of fused-ring (bicyclic) bond motifs is 12. The molecule has 4 nitrogen and oxygen atoms in total. The van der Waals surface area contributed by atoms with E-state index in [1.807, 2.05) is 0 Å². The van der Waals surface area contributed by atoms with Crippen molar-refractivity contribution in [2.75, 3.05) is 0 Å². The van der Waals surface area contributed by atoms with Crippen LogP contribution in [0.3, 0.4) is 0 Å². The van der Waals surface area contributed by atoms with Gasteiger partial charge in [0.2, 0.25) is 0 Å². The van der Waals surface area contributed by atoms with Crippen molar-refractivity contribution in [3.63, 3.8) is 0 Å². The van der Waals surface area contributed by atoms with Gasteiger partial charge >= 0.3 is 5.97 Å². The molecular formula is C24H32O4. The van der Waals surface area contributed by atoms with Gasteiger partial charge in [0, 0.05) is 36.0 Å². The first-order valence-corrected chi connectivity index (χ1v) is 11.7. The Hall–Kier alpha value is -0.900. The molecule has 0 radical (unpaired) electrons. The Balaban J connectivity index is 1.32. The maximum Gasteiger partial charge on any atom is 0.306 e. The van der Waals surface area contributed by atoms with Crippen molar-refractivity contribution in [1.29, 1.82) is 0 Å². The number of hydrogen-bond donors (Lipinski definition) is 1. The number of ketones is 1. The maximum atomic E-state index is 12.3. The molecule has 152 valence electrons. The molecule has 0 aromatic rings. The Morgan fingerprint density at radius 3 is 2.46 bits per heavy atom. The van der Waals surface area contributed by atoms with Crippen molar-refractivity contribution < 1.29 is 19.4 Å². The van der Waals surface area contributed by atoms with E-state index in [0.29, 0.717) is 54.8 Å². The van der Waals surface area contributed by atoms with Crippen molar-refractivity contribution in [1.82, 2.24) is 0 Å². The lowest BCUT2D eigenvalue weighted by molar-refractivity contribution is -0.223. The highest BCUT2D eigenvalue weighted by Gasteiger charge is 2.83. The molecule has 1 heterocycles. The number of aliphatic hydroxyl groups is 1. The molecule has 11 atom stereocenters. The van der Waals surface area contributed by atoms with Crippen LogP contribution in [0.4, 0.5) is 0 Å². The van der Waals surface area contributed by atoms with Crippen LogP contribution in [0, 0.1) is 52.3 Å². The number of ether oxygens (including phenoxy) is 1. The first-order valence-electron chi connectivity index (χ1n) is 11.7. The Labute approximate surface area is 166 Å². The summed E-state index contributed by atoms with van der Waals surface area (Å²) >= 11 is 0. The molecule has 1 N–H and O–H groups in total. The minimum atomic E-state index is -0.763. The summed E-state index contributed by atoms with van der Waals surface area (Å²) in [6.07, 6.45) is 8.04. The summed E-state index contributed by atoms with van der Waals surface area (Å²) in [5, 5.41) is 11.8. The number of esters is 1. The molecule has 7 aliphatic rings. The van der Waals surface area contributed by atoms with E-state index in [1.165, 1.54) is 6.42 Å². The van der Waals surface area contributed by atoms with Crippen LogP contribution in [-0.2, 0) is 14.3 Å². The quantitative estimate of drug-likeness (QED) is 0.649. The molecule has 7 fully saturated rings. The molecule has 5 unspecified atom stereocenters. The summed E-state index contributed by atoms with van der Waals surface area (Å²) in [6.45, 7) is 4.77. The molecule has 6 saturated carbocycles. The van der Waals surface area contributed by atoms with E-state index in [2.05, 4.69) is 13.8 Å². The van der Waals surface area contributed by atoms with E-state index in [-0.39, 0.29) is 28.2 Å². The highest BCUT2D eigenvalue weighted by molar-refractivity contribution is 5.81. The minimum Gasteiger partial charge on any atom is -0.458 e. The van der Waals surface area contributed by atoms with E-state index in [0.717, 1.165) is 38.0 Å². The van der Waals surface area contributed by atoms with Gasteiger partial charge in [-0.3, -0.25) is 9.59 Å². The van der Waals surface area contributed by atoms with Gasteiger partial charge < -0.3 is 9.84 Å². The van der Waals surface area contributed by atoms with Gasteiger partial charge in [0.1, 0.15) is 11.4 Å². The molecular weight excluding hydrogens is 352 g/mol. The van der Waals surface area contributed by atoms with Crippen LogP contribution in [0.25, 0.3) is 0 Å². The average molecular weight is 385 g/mol. The third-order valence-corrected chi connectivity index (χ3v) is 11.6. The lowest BCUT2D eigenvalue weighted by Gasteiger charge is -2.64. The molecule has 0 aromatic heterocycles. The van der Waals surface area contributed by atoms with E-state index in [1.54, 1.807) is 0 Å². The van der Waals surface area contributed by atoms with Crippen LogP contribution in [-0.4, -0.2) is 28.1 Å². The van der Waals surface area contributed by atoms with E-state index in [4.69, 9.17) is 4.74 Å². The summed E-state index contributed by atoms with van der Waals surface area (Å²) in [5.74, 6) is 4.36. The second-order valence-electron chi connectivity index (χ2n) is 12.1. The zero-order chi connectivity index (χ0) is 19.3. The smallest absolute Gasteiger partial charge is 0.306 e. The van der Waals surface area contributed by atoms with E-state index >= 15 is 0 Å². The first-order chi connectivity index (χ1) is 13.3. The van der Waals surface area contributed by atoms with Gasteiger partial charge in [0.25, 0.3) is 0 Å². The van der Waals surface area contributed by atoms with Crippen LogP contribution in [0.2, 0.25) is 0 Å². The van der Waals surface area contributed by atoms with E-state index < -0.39 is 5.60 Å². The zero-order valence-corrected chi connectivity index (χ0v) is 17.1. The fraction of sp³-hybridized carbons (Fsp3) is 0.917. The van der Waals surface area contributed by atoms with Crippen molar-refractivity contribution in [3.05, 3.63) is 0 Å². The highest BCUT2D eigenvalue weighted by Crippen LogP contribution is 2.83. The van der Waals surface area contributed by atoms with Crippen molar-refractivity contribution in [2.24, 2.45) is 52.3 Å². The summed E-state index contributed by atoms with van der Waals surface area (Å²) < 4.78 is 6.20. The van der Waals surface area contributed by atoms with Crippen LogP contribution in [0.15, 0.2) is 0 Å². The average Bonchev–Trinajstić information content (AvgIpc) is 3.54. The molecule has 0 bridgehead atoms. The van der Waals surface area contributed by atoms with Gasteiger partial charge in [-0.2, -0.15) is 0 Å². The second kappa shape index (κ2) is 4.55. The van der Waals surface area contributed by atoms with Crippen molar-refractivity contribution >= 4 is 11.8 Å². The molecule has 6 aliphatic carbocycles. The summed E-state index contributed by atoms with van der Waals surface area (Å²) in [5.41, 5.74) is -0.943. The molecule has 1 saturated heterocycles. The Morgan fingerprint density at radius 2 is 1.71 bits per heavy atom. The largest absolute Gasteiger partial charge is 0.458 e. The van der Waals surface area contributed by atoms with Gasteiger partial charge in [-0.25, -0.2) is 0 Å². The number of carbonyl (C=O) groups is 2. The van der Waals surface area contributed by atoms with Crippen LogP contribution < -0.4 is 0 Å². The topological polar surface area (TPSA) is 63.6 Å². The zero-order valence-electron chi connectivity index (χ0n) is 17.1. The van der Waals surface area contributed by atoms with Gasteiger partial charge in [-0.15, -0.1) is 0 Å². The number of Topliss-reactive ketones (excluding diaryl/α,β-unsaturated/α-hetero) is 1. The van der Waals surface area contributed by atoms with Crippen LogP contribution >= 0.6 is 0 Å². The summed E-state index contributed by atoms with van der Waals surface area (Å²) in [4.78, 5) is 24.4. The Morgan fingerprint density at radius 1 is 0.929 bits per heavy atom. The molecule has 0 aromatic carbocycles. The lowest BCUT2D eigenvalue weighted by Crippen LogP contribution is -2.65. The van der Waals surface area contributed by atoms with Gasteiger partial charge in [-0.05, 0) is 74.0 Å². The molecule has 28 heavy (non-hydrogen) atoms. The number of rotatable bonds is 0. The monoisotopic (exact) mass is 384 g/mol. The predicted octanol–water partition coefficient (Wildman–Crippen LogP) is 3.50. The van der Waals surface area contributed by atoms with Crippen molar-refractivity contribution in [2.45, 2.75) is 82.8 Å². The maximum absolute atomic E-state index is 12.3. The predicted molar refractivity (Wildman–Crippen MR) is 101 cm³/mol. The molecule has 7 rings (SSSR count). The van der Waals surface area contributed by atoms with E-state index in [9.17, 15) is 14.7 Å². The third kappa shape index (κ3) is 1.55. The number of carbonyl (C=O) groups excluding carboxylic acids is 2. The fourth-order valence-electron chi connectivity index (χ4n) is 10.3. The summed E-state index contributed by atoms with van der Waals surface area (Å²) in [7, 11) is 0. The third-order valence-electron chi connectivity index (χ3n) is 11.6. The fourth-order valence-corrected chi connectivity index (χ4v) is 10.3. The number of hydrogen-bond acceptors (Lipinski definition) is 4. The molecule has 4 heteroatoms. The Kier molecular flexibility index (Phi) is 2.74. The second-order valence-corrected chi connectivity index (χ2v) is 12.1. The van der Waals surface area contributed by atoms with Gasteiger partial charge in [0.05, 0.1) is 5.60 Å². The minimum absolute atomic E-state index is 0.0229. The van der Waals surface area contributed by atoms with Crippen LogP contribution in [0.5, 0.6) is 0 Å². The SMILES string of the molecule is C[C@]12CCC3C([C@H]4CC4[C@]4(O)CC(=O)CC[C@]34C)[C@@H]1C1CC1[C@@]21CCC(=O)O1. The highest BCUT2D eigenvalue weighted by atomic mass is 16.6. The molecule has 0 amide bonds. The van der Waals surface area contributed by atoms with Gasteiger partial charge in [-0.1, -0.05) is 13.8 Å². The standard InChI is InChI=1S/C24H32O4/c1-21-6-3-12(25)11-23(21,27)16-9-13(16)19-15(21)4-7-22(2)20(19)14-10-17(14)24(22)8-5-18(26)28-24/h13-17,19-20,27H,3-11H2,1-2H3/t13-,14?,15?,16?,17?,19?,20-,21+,22-,23+,24-/m0/s1. The lowest BCUT2D eigenvalue weighted by atomic mass is 9.42. The first kappa shape index (κ1) is 16.8. The van der Waals surface area contributed by atoms with Gasteiger partial charge in [0.15, 0.2) is 0 Å². The Bertz CT molecular complexity index is 821. The van der Waals surface area contributed by atoms with Crippen molar-refractivity contribution in [3.8, 4) is 0 Å². The van der Waals surface area contributed by atoms with Crippen LogP contribution in [0.1, 0.15) is 71.6 Å².